The molecule has 4 rings (SSSR count). The van der Waals surface area contributed by atoms with Crippen molar-refractivity contribution in [3.05, 3.63) is 84.9 Å². The highest BCUT2D eigenvalue weighted by molar-refractivity contribution is 7.49. The van der Waals surface area contributed by atoms with Gasteiger partial charge in [0.25, 0.3) is 0 Å². The zero-order chi connectivity index (χ0) is 18.0. The van der Waals surface area contributed by atoms with Gasteiger partial charge in [-0.2, -0.15) is 0 Å². The molecular weight excluding hydrogens is 347 g/mol. The number of phosphoric acid groups is 1. The van der Waals surface area contributed by atoms with Gasteiger partial charge in [-0.15, -0.1) is 0 Å². The molecule has 0 spiro atoms. The summed E-state index contributed by atoms with van der Waals surface area (Å²) in [7, 11) is -2.54. The smallest absolute Gasteiger partial charge is 0.394 e. The van der Waals surface area contributed by atoms with E-state index in [0.717, 1.165) is 21.5 Å². The van der Waals surface area contributed by atoms with E-state index in [9.17, 15) is 4.57 Å². The van der Waals surface area contributed by atoms with Crippen LogP contribution < -0.4 is 9.05 Å². The van der Waals surface area contributed by atoms with Crippen LogP contribution in [0.2, 0.25) is 0 Å². The molecular formula is C21H17O4P. The van der Waals surface area contributed by atoms with Crippen molar-refractivity contribution < 1.29 is 18.1 Å². The second-order valence-electron chi connectivity index (χ2n) is 5.77. The van der Waals surface area contributed by atoms with Crippen LogP contribution in [0.4, 0.5) is 0 Å². The van der Waals surface area contributed by atoms with E-state index in [4.69, 9.17) is 13.6 Å². The van der Waals surface area contributed by atoms with Crippen molar-refractivity contribution in [2.24, 2.45) is 0 Å². The second-order valence-corrected chi connectivity index (χ2v) is 7.39. The molecule has 4 nitrogen and oxygen atoms in total. The lowest BCUT2D eigenvalue weighted by atomic mass is 10.1. The Hall–Kier alpha value is -2.81. The third kappa shape index (κ3) is 3.17. The summed E-state index contributed by atoms with van der Waals surface area (Å²) in [4.78, 5) is 0. The zero-order valence-electron chi connectivity index (χ0n) is 14.2. The largest absolute Gasteiger partial charge is 0.587 e. The molecule has 0 N–H and O–H groups in total. The van der Waals surface area contributed by atoms with E-state index < -0.39 is 7.82 Å². The Morgan fingerprint density at radius 3 is 1.50 bits per heavy atom. The van der Waals surface area contributed by atoms with Crippen molar-refractivity contribution in [2.75, 3.05) is 7.11 Å². The number of phosphoric ester groups is 1. The Labute approximate surface area is 151 Å². The highest BCUT2D eigenvalue weighted by atomic mass is 31.2. The van der Waals surface area contributed by atoms with Gasteiger partial charge in [0, 0.05) is 17.9 Å². The summed E-state index contributed by atoms with van der Waals surface area (Å²) in [6.45, 7) is 0. The average molecular weight is 364 g/mol. The van der Waals surface area contributed by atoms with Crippen molar-refractivity contribution >= 4 is 29.4 Å². The van der Waals surface area contributed by atoms with E-state index in [1.165, 1.54) is 7.11 Å². The summed E-state index contributed by atoms with van der Waals surface area (Å²) < 4.78 is 29.8. The van der Waals surface area contributed by atoms with Crippen LogP contribution in [0.1, 0.15) is 0 Å². The minimum absolute atomic E-state index is 0.452. The predicted octanol–water partition coefficient (Wildman–Crippen LogP) is 6.21. The fourth-order valence-electron chi connectivity index (χ4n) is 2.88. The van der Waals surface area contributed by atoms with Gasteiger partial charge in [-0.25, -0.2) is 4.57 Å². The van der Waals surface area contributed by atoms with Crippen molar-refractivity contribution in [2.45, 2.75) is 0 Å². The predicted molar refractivity (Wildman–Crippen MR) is 104 cm³/mol. The molecule has 0 bridgehead atoms. The molecule has 4 aromatic rings. The Balaban J connectivity index is 1.72. The minimum atomic E-state index is -3.85. The summed E-state index contributed by atoms with van der Waals surface area (Å²) in [5.41, 5.74) is 0. The molecule has 0 saturated carbocycles. The Morgan fingerprint density at radius 1 is 0.615 bits per heavy atom. The van der Waals surface area contributed by atoms with Crippen molar-refractivity contribution in [1.82, 2.24) is 0 Å². The van der Waals surface area contributed by atoms with Gasteiger partial charge < -0.3 is 9.05 Å². The van der Waals surface area contributed by atoms with Gasteiger partial charge in [0.05, 0.1) is 0 Å². The monoisotopic (exact) mass is 364 g/mol. The number of hydrogen-bond donors (Lipinski definition) is 0. The van der Waals surface area contributed by atoms with Gasteiger partial charge in [-0.05, 0) is 22.9 Å². The van der Waals surface area contributed by atoms with Gasteiger partial charge in [0.15, 0.2) is 0 Å². The standard InChI is InChI=1S/C21H17O4P/c1-23-26(22,24-20-14-6-10-16-8-2-4-12-18(16)20)25-21-15-7-11-17-9-3-5-13-19(17)21/h2-15H,1H3. The average Bonchev–Trinajstić information content (AvgIpc) is 2.69. The summed E-state index contributed by atoms with van der Waals surface area (Å²) in [5.74, 6) is 0.905. The highest BCUT2D eigenvalue weighted by Crippen LogP contribution is 2.51. The zero-order valence-corrected chi connectivity index (χ0v) is 15.1. The number of rotatable bonds is 5. The molecule has 0 unspecified atom stereocenters. The van der Waals surface area contributed by atoms with Crippen molar-refractivity contribution in [1.29, 1.82) is 0 Å². The molecule has 0 aliphatic rings. The molecule has 130 valence electrons. The van der Waals surface area contributed by atoms with Gasteiger partial charge in [0.1, 0.15) is 11.5 Å². The fourth-order valence-corrected chi connectivity index (χ4v) is 3.87. The van der Waals surface area contributed by atoms with Crippen LogP contribution >= 0.6 is 7.82 Å². The van der Waals surface area contributed by atoms with E-state index in [1.54, 1.807) is 12.1 Å². The molecule has 0 amide bonds. The first-order valence-corrected chi connectivity index (χ1v) is 9.65. The van der Waals surface area contributed by atoms with Gasteiger partial charge in [-0.1, -0.05) is 72.8 Å². The van der Waals surface area contributed by atoms with Crippen LogP contribution in [0.25, 0.3) is 21.5 Å². The molecule has 0 aliphatic carbocycles. The van der Waals surface area contributed by atoms with Crippen LogP contribution in [0, 0.1) is 0 Å². The molecule has 0 heterocycles. The van der Waals surface area contributed by atoms with Crippen LogP contribution in [0.3, 0.4) is 0 Å². The maximum Gasteiger partial charge on any atom is 0.587 e. The summed E-state index contributed by atoms with van der Waals surface area (Å²) in [5, 5.41) is 3.65. The Bertz CT molecular complexity index is 1030. The van der Waals surface area contributed by atoms with Gasteiger partial charge in [0.2, 0.25) is 0 Å². The summed E-state index contributed by atoms with van der Waals surface area (Å²) in [6.07, 6.45) is 0. The SMILES string of the molecule is COP(=O)(Oc1cccc2ccccc12)Oc1cccc2ccccc12. The summed E-state index contributed by atoms with van der Waals surface area (Å²) >= 11 is 0. The Kier molecular flexibility index (Phi) is 4.37. The highest BCUT2D eigenvalue weighted by Gasteiger charge is 2.30. The first-order chi connectivity index (χ1) is 12.7. The molecule has 0 saturated heterocycles. The molecule has 4 aromatic carbocycles. The fraction of sp³-hybridized carbons (Fsp3) is 0.0476. The van der Waals surface area contributed by atoms with Crippen LogP contribution in [-0.4, -0.2) is 7.11 Å². The minimum Gasteiger partial charge on any atom is -0.394 e. The molecule has 0 atom stereocenters. The Morgan fingerprint density at radius 2 is 1.04 bits per heavy atom. The molecule has 0 radical (unpaired) electrons. The van der Waals surface area contributed by atoms with Gasteiger partial charge in [-0.3, -0.25) is 4.52 Å². The van der Waals surface area contributed by atoms with E-state index in [2.05, 4.69) is 0 Å². The lowest BCUT2D eigenvalue weighted by molar-refractivity contribution is 0.251. The molecule has 0 aromatic heterocycles. The second kappa shape index (κ2) is 6.83. The van der Waals surface area contributed by atoms with E-state index in [0.29, 0.717) is 11.5 Å². The van der Waals surface area contributed by atoms with E-state index in [1.807, 2.05) is 72.8 Å². The topological polar surface area (TPSA) is 44.8 Å². The third-order valence-corrected chi connectivity index (χ3v) is 5.43. The molecule has 5 heteroatoms. The maximum atomic E-state index is 13.1. The molecule has 0 aliphatic heterocycles. The van der Waals surface area contributed by atoms with Gasteiger partial charge >= 0.3 is 7.82 Å². The molecule has 0 fully saturated rings. The molecule has 26 heavy (non-hydrogen) atoms. The third-order valence-electron chi connectivity index (χ3n) is 4.14. The van der Waals surface area contributed by atoms with Crippen LogP contribution in [0.5, 0.6) is 11.5 Å². The number of benzene rings is 4. The van der Waals surface area contributed by atoms with E-state index in [-0.39, 0.29) is 0 Å². The van der Waals surface area contributed by atoms with Crippen molar-refractivity contribution in [3.8, 4) is 11.5 Å². The summed E-state index contributed by atoms with van der Waals surface area (Å²) in [6, 6.07) is 26.5. The van der Waals surface area contributed by atoms with Crippen molar-refractivity contribution in [3.63, 3.8) is 0 Å². The van der Waals surface area contributed by atoms with Crippen LogP contribution in [-0.2, 0) is 9.09 Å². The maximum absolute atomic E-state index is 13.1. The normalized spacial score (nSPS) is 11.6. The first-order valence-electron chi connectivity index (χ1n) is 8.19. The quantitative estimate of drug-likeness (QED) is 0.395. The lowest BCUT2D eigenvalue weighted by Gasteiger charge is -2.19. The van der Waals surface area contributed by atoms with E-state index >= 15 is 0 Å². The first kappa shape index (κ1) is 16.6. The van der Waals surface area contributed by atoms with Crippen LogP contribution in [0.15, 0.2) is 84.9 Å². The number of hydrogen-bond acceptors (Lipinski definition) is 4. The number of fused-ring (bicyclic) bond motifs is 2. The lowest BCUT2D eigenvalue weighted by Crippen LogP contribution is -2.03.